The van der Waals surface area contributed by atoms with Crippen LogP contribution in [0.4, 0.5) is 0 Å². The first-order chi connectivity index (χ1) is 10.3. The van der Waals surface area contributed by atoms with Crippen LogP contribution in [0.15, 0.2) is 35.6 Å². The van der Waals surface area contributed by atoms with Crippen molar-refractivity contribution in [3.63, 3.8) is 0 Å². The highest BCUT2D eigenvalue weighted by atomic mass is 16.2. The second-order valence-corrected chi connectivity index (χ2v) is 6.16. The fourth-order valence-electron chi connectivity index (χ4n) is 3.82. The van der Waals surface area contributed by atoms with Crippen molar-refractivity contribution in [1.29, 1.82) is 0 Å². The Bertz CT molecular complexity index is 691. The molecule has 0 radical (unpaired) electrons. The lowest BCUT2D eigenvalue weighted by Gasteiger charge is -2.04. The maximum Gasteiger partial charge on any atom is 0.243 e. The predicted octanol–water partition coefficient (Wildman–Crippen LogP) is 3.05. The van der Waals surface area contributed by atoms with Crippen LogP contribution in [0, 0.1) is 17.8 Å². The van der Waals surface area contributed by atoms with Crippen LogP contribution < -0.4 is 5.43 Å². The fourth-order valence-corrected chi connectivity index (χ4v) is 3.82. The smallest absolute Gasteiger partial charge is 0.243 e. The zero-order valence-electron chi connectivity index (χ0n) is 11.9. The highest BCUT2D eigenvalue weighted by molar-refractivity contribution is 5.99. The SMILES string of the molecule is O=C(N/N=C/c1c[nH]c2ccccc12)C1[C@H]2CCCC[C@@H]12. The monoisotopic (exact) mass is 281 g/mol. The average molecular weight is 281 g/mol. The third-order valence-corrected chi connectivity index (χ3v) is 4.96. The molecule has 0 bridgehead atoms. The number of carbonyl (C=O) groups is 1. The molecule has 4 nitrogen and oxygen atoms in total. The third kappa shape index (κ3) is 2.24. The summed E-state index contributed by atoms with van der Waals surface area (Å²) < 4.78 is 0. The van der Waals surface area contributed by atoms with Gasteiger partial charge in [-0.1, -0.05) is 31.0 Å². The van der Waals surface area contributed by atoms with Gasteiger partial charge in [0.05, 0.1) is 6.21 Å². The lowest BCUT2D eigenvalue weighted by atomic mass is 10.0. The highest BCUT2D eigenvalue weighted by Gasteiger charge is 2.54. The molecular formula is C17H19N3O. The maximum absolute atomic E-state index is 12.1. The van der Waals surface area contributed by atoms with Crippen molar-refractivity contribution in [2.75, 3.05) is 0 Å². The van der Waals surface area contributed by atoms with Gasteiger partial charge in [0.1, 0.15) is 0 Å². The first-order valence-electron chi connectivity index (χ1n) is 7.73. The molecule has 1 aromatic carbocycles. The number of aromatic amines is 1. The van der Waals surface area contributed by atoms with Crippen molar-refractivity contribution in [2.45, 2.75) is 25.7 Å². The second-order valence-electron chi connectivity index (χ2n) is 6.16. The molecule has 0 aliphatic heterocycles. The number of benzene rings is 1. The van der Waals surface area contributed by atoms with Gasteiger partial charge < -0.3 is 4.98 Å². The van der Waals surface area contributed by atoms with E-state index in [1.807, 2.05) is 30.5 Å². The second kappa shape index (κ2) is 5.02. The van der Waals surface area contributed by atoms with Crippen molar-refractivity contribution in [2.24, 2.45) is 22.9 Å². The molecule has 0 saturated heterocycles. The molecule has 1 aromatic heterocycles. The van der Waals surface area contributed by atoms with E-state index in [1.165, 1.54) is 25.7 Å². The van der Waals surface area contributed by atoms with Gasteiger partial charge in [0.25, 0.3) is 0 Å². The van der Waals surface area contributed by atoms with Crippen LogP contribution in [0.25, 0.3) is 10.9 Å². The Balaban J connectivity index is 1.41. The van der Waals surface area contributed by atoms with Crippen molar-refractivity contribution >= 4 is 23.0 Å². The zero-order valence-corrected chi connectivity index (χ0v) is 11.9. The number of para-hydroxylation sites is 1. The fraction of sp³-hybridized carbons (Fsp3) is 0.412. The highest BCUT2D eigenvalue weighted by Crippen LogP contribution is 2.55. The first kappa shape index (κ1) is 12.6. The van der Waals surface area contributed by atoms with Crippen molar-refractivity contribution in [1.82, 2.24) is 10.4 Å². The van der Waals surface area contributed by atoms with Gasteiger partial charge in [-0.25, -0.2) is 5.43 Å². The summed E-state index contributed by atoms with van der Waals surface area (Å²) in [7, 11) is 0. The molecule has 2 aliphatic carbocycles. The minimum absolute atomic E-state index is 0.1000. The predicted molar refractivity (Wildman–Crippen MR) is 83.0 cm³/mol. The molecule has 1 amide bonds. The van der Waals surface area contributed by atoms with Gasteiger partial charge in [-0.3, -0.25) is 4.79 Å². The van der Waals surface area contributed by atoms with Crippen LogP contribution in [0.5, 0.6) is 0 Å². The van der Waals surface area contributed by atoms with E-state index in [4.69, 9.17) is 0 Å². The first-order valence-corrected chi connectivity index (χ1v) is 7.73. The van der Waals surface area contributed by atoms with E-state index >= 15 is 0 Å². The normalized spacial score (nSPS) is 27.7. The van der Waals surface area contributed by atoms with Crippen molar-refractivity contribution in [3.05, 3.63) is 36.0 Å². The third-order valence-electron chi connectivity index (χ3n) is 4.96. The van der Waals surface area contributed by atoms with Gasteiger partial charge in [0.15, 0.2) is 0 Å². The number of aromatic nitrogens is 1. The number of carbonyl (C=O) groups excluding carboxylic acids is 1. The minimum Gasteiger partial charge on any atom is -0.361 e. The Hall–Kier alpha value is -2.10. The standard InChI is InChI=1S/C17H19N3O/c21-17(16-13-6-1-2-7-14(13)16)20-19-10-11-9-18-15-8-4-3-5-12(11)15/h3-5,8-10,13-14,16,18H,1-2,6-7H2,(H,20,21)/b19-10+/t13-,14+,16?. The van der Waals surface area contributed by atoms with Gasteiger partial charge in [-0.15, -0.1) is 0 Å². The quantitative estimate of drug-likeness (QED) is 0.659. The topological polar surface area (TPSA) is 57.2 Å². The zero-order chi connectivity index (χ0) is 14.2. The Kier molecular flexibility index (Phi) is 3.02. The number of H-pyrrole nitrogens is 1. The van der Waals surface area contributed by atoms with Gasteiger partial charge in [-0.05, 0) is 30.7 Å². The molecule has 2 aromatic rings. The van der Waals surface area contributed by atoms with Crippen LogP contribution in [-0.4, -0.2) is 17.1 Å². The maximum atomic E-state index is 12.1. The molecule has 2 fully saturated rings. The Morgan fingerprint density at radius 3 is 2.81 bits per heavy atom. The largest absolute Gasteiger partial charge is 0.361 e. The number of amides is 1. The Morgan fingerprint density at radius 1 is 1.24 bits per heavy atom. The molecule has 4 rings (SSSR count). The average Bonchev–Trinajstić information content (AvgIpc) is 3.12. The van der Waals surface area contributed by atoms with Crippen LogP contribution in [-0.2, 0) is 4.79 Å². The summed E-state index contributed by atoms with van der Waals surface area (Å²) in [6.45, 7) is 0. The number of nitrogens with one attached hydrogen (secondary N) is 2. The van der Waals surface area contributed by atoms with Crippen molar-refractivity contribution < 1.29 is 4.79 Å². The summed E-state index contributed by atoms with van der Waals surface area (Å²) in [6.07, 6.45) is 8.64. The van der Waals surface area contributed by atoms with Crippen LogP contribution in [0.1, 0.15) is 31.2 Å². The van der Waals surface area contributed by atoms with Crippen LogP contribution in [0.2, 0.25) is 0 Å². The van der Waals surface area contributed by atoms with E-state index < -0.39 is 0 Å². The summed E-state index contributed by atoms with van der Waals surface area (Å²) in [6, 6.07) is 8.07. The van der Waals surface area contributed by atoms with Gasteiger partial charge in [0.2, 0.25) is 5.91 Å². The number of hydrogen-bond donors (Lipinski definition) is 2. The molecule has 3 atom stereocenters. The molecule has 2 saturated carbocycles. The molecule has 4 heteroatoms. The molecule has 108 valence electrons. The molecular weight excluding hydrogens is 262 g/mol. The van der Waals surface area contributed by atoms with Gasteiger partial charge in [-0.2, -0.15) is 5.10 Å². The van der Waals surface area contributed by atoms with Crippen molar-refractivity contribution in [3.8, 4) is 0 Å². The number of hydrazone groups is 1. The van der Waals surface area contributed by atoms with Crippen LogP contribution >= 0.6 is 0 Å². The molecule has 1 unspecified atom stereocenters. The summed E-state index contributed by atoms with van der Waals surface area (Å²) in [4.78, 5) is 15.3. The number of fused-ring (bicyclic) bond motifs is 2. The van der Waals surface area contributed by atoms with E-state index in [0.717, 1.165) is 16.5 Å². The van der Waals surface area contributed by atoms with E-state index in [0.29, 0.717) is 11.8 Å². The van der Waals surface area contributed by atoms with E-state index in [9.17, 15) is 4.79 Å². The summed E-state index contributed by atoms with van der Waals surface area (Å²) in [5, 5.41) is 5.26. The lowest BCUT2D eigenvalue weighted by molar-refractivity contribution is -0.122. The number of hydrogen-bond acceptors (Lipinski definition) is 2. The number of rotatable bonds is 3. The van der Waals surface area contributed by atoms with Crippen LogP contribution in [0.3, 0.4) is 0 Å². The minimum atomic E-state index is 0.1000. The summed E-state index contributed by atoms with van der Waals surface area (Å²) in [5.41, 5.74) is 4.80. The molecule has 1 heterocycles. The van der Waals surface area contributed by atoms with Gasteiger partial charge in [0, 0.05) is 28.6 Å². The van der Waals surface area contributed by atoms with E-state index in [-0.39, 0.29) is 11.8 Å². The summed E-state index contributed by atoms with van der Waals surface area (Å²) >= 11 is 0. The molecule has 21 heavy (non-hydrogen) atoms. The molecule has 2 aliphatic rings. The van der Waals surface area contributed by atoms with Gasteiger partial charge >= 0.3 is 0 Å². The summed E-state index contributed by atoms with van der Waals surface area (Å²) in [5.74, 6) is 1.57. The van der Waals surface area contributed by atoms with E-state index in [1.54, 1.807) is 6.21 Å². The van der Waals surface area contributed by atoms with E-state index in [2.05, 4.69) is 15.5 Å². The lowest BCUT2D eigenvalue weighted by Crippen LogP contribution is -2.20. The Morgan fingerprint density at radius 2 is 2.00 bits per heavy atom. The molecule has 2 N–H and O–H groups in total. The number of nitrogens with zero attached hydrogens (tertiary/aromatic N) is 1. The molecule has 0 spiro atoms. The Labute approximate surface area is 123 Å².